The highest BCUT2D eigenvalue weighted by Gasteiger charge is 2.45. The highest BCUT2D eigenvalue weighted by Crippen LogP contribution is 2.35. The van der Waals surface area contributed by atoms with Crippen molar-refractivity contribution in [3.05, 3.63) is 35.6 Å². The second kappa shape index (κ2) is 5.04. The first-order valence-electron chi connectivity index (χ1n) is 4.63. The van der Waals surface area contributed by atoms with Crippen molar-refractivity contribution in [3.8, 4) is 0 Å². The van der Waals surface area contributed by atoms with Gasteiger partial charge in [0, 0.05) is 5.56 Å². The van der Waals surface area contributed by atoms with Gasteiger partial charge in [-0.15, -0.1) is 0 Å². The molecule has 1 unspecified atom stereocenters. The van der Waals surface area contributed by atoms with Crippen LogP contribution in [0.1, 0.15) is 17.3 Å². The Morgan fingerprint density at radius 3 is 2.59 bits per heavy atom. The Kier molecular flexibility index (Phi) is 4.33. The van der Waals surface area contributed by atoms with Gasteiger partial charge in [-0.1, -0.05) is 30.7 Å². The van der Waals surface area contributed by atoms with E-state index in [2.05, 4.69) is 15.9 Å². The number of carbonyl (C=O) groups excluding carboxylic acids is 1. The third-order valence-corrected chi connectivity index (χ3v) is 6.57. The van der Waals surface area contributed by atoms with Crippen LogP contribution in [0.2, 0.25) is 0 Å². The van der Waals surface area contributed by atoms with E-state index >= 15 is 0 Å². The molecule has 1 aromatic rings. The van der Waals surface area contributed by atoms with E-state index in [0.717, 1.165) is 12.1 Å². The van der Waals surface area contributed by atoms with E-state index < -0.39 is 24.6 Å². The summed E-state index contributed by atoms with van der Waals surface area (Å²) < 4.78 is 33.9. The molecule has 0 saturated heterocycles. The van der Waals surface area contributed by atoms with Gasteiger partial charge in [0.25, 0.3) is 3.12 Å². The summed E-state index contributed by atoms with van der Waals surface area (Å²) in [5.74, 6) is -1.84. The Hall–Kier alpha value is -0.460. The van der Waals surface area contributed by atoms with Crippen molar-refractivity contribution in [1.82, 2.24) is 0 Å². The van der Waals surface area contributed by atoms with E-state index in [9.17, 15) is 17.6 Å². The minimum absolute atomic E-state index is 0.103. The fourth-order valence-corrected chi connectivity index (χ4v) is 3.24. The van der Waals surface area contributed by atoms with Gasteiger partial charge in [0.15, 0.2) is 9.84 Å². The molecule has 17 heavy (non-hydrogen) atoms. The Morgan fingerprint density at radius 1 is 1.53 bits per heavy atom. The zero-order chi connectivity index (χ0) is 13.3. The molecule has 0 heterocycles. The van der Waals surface area contributed by atoms with Crippen molar-refractivity contribution in [2.75, 3.05) is 5.75 Å². The molecule has 0 aliphatic carbocycles. The molecule has 0 aliphatic rings. The molecule has 94 valence electrons. The molecular weight excluding hydrogens is 335 g/mol. The van der Waals surface area contributed by atoms with Crippen LogP contribution in [0.25, 0.3) is 0 Å². The van der Waals surface area contributed by atoms with E-state index in [1.165, 1.54) is 19.1 Å². The summed E-state index contributed by atoms with van der Waals surface area (Å²) in [6.07, 6.45) is 0. The number of halogens is 3. The molecule has 0 N–H and O–H groups in total. The fraction of sp³-hybridized carbons (Fsp3) is 0.300. The summed E-state index contributed by atoms with van der Waals surface area (Å²) in [5, 5.41) is 0. The molecule has 7 heteroatoms. The first-order chi connectivity index (χ1) is 7.72. The van der Waals surface area contributed by atoms with Gasteiger partial charge in [-0.25, -0.2) is 12.8 Å². The van der Waals surface area contributed by atoms with E-state index in [0.29, 0.717) is 0 Å². The van der Waals surface area contributed by atoms with Gasteiger partial charge in [-0.05, 0) is 28.1 Å². The van der Waals surface area contributed by atoms with E-state index in [-0.39, 0.29) is 11.3 Å². The van der Waals surface area contributed by atoms with Gasteiger partial charge >= 0.3 is 0 Å². The van der Waals surface area contributed by atoms with Crippen LogP contribution >= 0.6 is 27.5 Å². The third kappa shape index (κ3) is 2.86. The van der Waals surface area contributed by atoms with Crippen molar-refractivity contribution >= 4 is 43.2 Å². The minimum atomic E-state index is -3.85. The quantitative estimate of drug-likeness (QED) is 0.624. The third-order valence-electron chi connectivity index (χ3n) is 2.12. The number of ketones is 1. The van der Waals surface area contributed by atoms with Gasteiger partial charge in [0.05, 0.1) is 5.75 Å². The van der Waals surface area contributed by atoms with Crippen molar-refractivity contribution in [2.45, 2.75) is 10.0 Å². The summed E-state index contributed by atoms with van der Waals surface area (Å²) in [7, 11) is -3.85. The Balaban J connectivity index is 3.23. The zero-order valence-corrected chi connectivity index (χ0v) is 11.9. The van der Waals surface area contributed by atoms with Crippen molar-refractivity contribution in [1.29, 1.82) is 0 Å². The monoisotopic (exact) mass is 342 g/mol. The molecule has 1 atom stereocenters. The van der Waals surface area contributed by atoms with E-state index in [1.54, 1.807) is 0 Å². The van der Waals surface area contributed by atoms with Gasteiger partial charge in [-0.2, -0.15) is 0 Å². The zero-order valence-electron chi connectivity index (χ0n) is 8.78. The summed E-state index contributed by atoms with van der Waals surface area (Å²) in [4.78, 5) is 11.9. The van der Waals surface area contributed by atoms with Crippen LogP contribution in [-0.4, -0.2) is 23.1 Å². The maximum absolute atomic E-state index is 12.9. The standard InChI is InChI=1S/C10H9BrClFO3S/c1-2-17(15,16)10(11,12)9(14)7-4-3-5-8(13)6-7/h3-6H,2H2,1H3. The molecule has 1 rings (SSSR count). The maximum Gasteiger partial charge on any atom is 0.261 e. The van der Waals surface area contributed by atoms with Crippen molar-refractivity contribution in [2.24, 2.45) is 0 Å². The summed E-state index contributed by atoms with van der Waals surface area (Å²) in [5.41, 5.74) is -0.103. The summed E-state index contributed by atoms with van der Waals surface area (Å²) in [6.45, 7) is 1.37. The molecule has 0 radical (unpaired) electrons. The summed E-state index contributed by atoms with van der Waals surface area (Å²) in [6, 6.07) is 4.69. The van der Waals surface area contributed by atoms with Crippen molar-refractivity contribution < 1.29 is 17.6 Å². The first kappa shape index (κ1) is 14.6. The highest BCUT2D eigenvalue weighted by atomic mass is 79.9. The number of alkyl halides is 2. The molecule has 1 aromatic carbocycles. The van der Waals surface area contributed by atoms with Crippen molar-refractivity contribution in [3.63, 3.8) is 0 Å². The molecule has 0 aromatic heterocycles. The van der Waals surface area contributed by atoms with Gasteiger partial charge in [0.1, 0.15) is 5.82 Å². The molecule has 0 fully saturated rings. The lowest BCUT2D eigenvalue weighted by molar-refractivity contribution is 0.0999. The smallest absolute Gasteiger partial charge is 0.261 e. The first-order valence-corrected chi connectivity index (χ1v) is 7.45. The van der Waals surface area contributed by atoms with Gasteiger partial charge in [0.2, 0.25) is 5.78 Å². The normalized spacial score (nSPS) is 15.3. The number of benzene rings is 1. The van der Waals surface area contributed by atoms with Crippen LogP contribution in [0.5, 0.6) is 0 Å². The van der Waals surface area contributed by atoms with E-state index in [1.807, 2.05) is 0 Å². The lowest BCUT2D eigenvalue weighted by Gasteiger charge is -2.18. The topological polar surface area (TPSA) is 51.2 Å². The van der Waals surface area contributed by atoms with Crippen LogP contribution < -0.4 is 0 Å². The number of rotatable bonds is 4. The number of Topliss-reactive ketones (excluding diaryl/α,β-unsaturated/α-hetero) is 1. The van der Waals surface area contributed by atoms with Crippen LogP contribution in [0.15, 0.2) is 24.3 Å². The Bertz CT molecular complexity index is 542. The Morgan fingerprint density at radius 2 is 2.12 bits per heavy atom. The van der Waals surface area contributed by atoms with Crippen LogP contribution in [0.3, 0.4) is 0 Å². The second-order valence-electron chi connectivity index (χ2n) is 3.26. The Labute approximate surface area is 112 Å². The lowest BCUT2D eigenvalue weighted by Crippen LogP contribution is -2.36. The molecule has 0 aliphatic heterocycles. The maximum atomic E-state index is 12.9. The number of hydrogen-bond donors (Lipinski definition) is 0. The second-order valence-corrected chi connectivity index (χ2v) is 8.64. The lowest BCUT2D eigenvalue weighted by atomic mass is 10.1. The van der Waals surface area contributed by atoms with Gasteiger partial charge in [-0.3, -0.25) is 4.79 Å². The molecule has 0 amide bonds. The average molecular weight is 344 g/mol. The fourth-order valence-electron chi connectivity index (χ4n) is 1.12. The number of carbonyl (C=O) groups is 1. The van der Waals surface area contributed by atoms with E-state index in [4.69, 9.17) is 11.6 Å². The molecule has 0 spiro atoms. The number of sulfone groups is 1. The van der Waals surface area contributed by atoms with Crippen LogP contribution in [0.4, 0.5) is 4.39 Å². The van der Waals surface area contributed by atoms with Crippen LogP contribution in [-0.2, 0) is 9.84 Å². The molecular formula is C10H9BrClFO3S. The average Bonchev–Trinajstić information content (AvgIpc) is 2.27. The largest absolute Gasteiger partial charge is 0.290 e. The predicted molar refractivity (Wildman–Crippen MR) is 67.7 cm³/mol. The summed E-state index contributed by atoms with van der Waals surface area (Å²) >= 11 is 8.42. The van der Waals surface area contributed by atoms with Crippen LogP contribution in [0, 0.1) is 5.82 Å². The number of hydrogen-bond acceptors (Lipinski definition) is 3. The minimum Gasteiger partial charge on any atom is -0.290 e. The molecule has 3 nitrogen and oxygen atoms in total. The predicted octanol–water partition coefficient (Wildman–Crippen LogP) is 2.73. The molecule has 0 bridgehead atoms. The highest BCUT2D eigenvalue weighted by molar-refractivity contribution is 9.12. The van der Waals surface area contributed by atoms with Gasteiger partial charge < -0.3 is 0 Å². The SMILES string of the molecule is CCS(=O)(=O)C(Cl)(Br)C(=O)c1cccc(F)c1. The molecule has 0 saturated carbocycles.